The third kappa shape index (κ3) is 4.58. The van der Waals surface area contributed by atoms with E-state index in [4.69, 9.17) is 26.5 Å². The Kier molecular flexibility index (Phi) is 6.21. The zero-order valence-electron chi connectivity index (χ0n) is 15.9. The number of carbonyl (C=O) groups excluding carboxylic acids is 1. The number of hydrogen-bond acceptors (Lipinski definition) is 5. The van der Waals surface area contributed by atoms with Crippen LogP contribution < -0.4 is 9.47 Å². The minimum atomic E-state index is -0.402. The number of halogens is 1. The number of rotatable bonds is 7. The molecular formula is C22H18ClN3O3S. The van der Waals surface area contributed by atoms with Crippen LogP contribution >= 0.6 is 23.4 Å². The molecule has 0 unspecified atom stereocenters. The molecule has 0 atom stereocenters. The van der Waals surface area contributed by atoms with Crippen LogP contribution in [0.25, 0.3) is 6.08 Å². The quantitative estimate of drug-likeness (QED) is 0.487. The average molecular weight is 440 g/mol. The first-order chi connectivity index (χ1) is 14.6. The van der Waals surface area contributed by atoms with Gasteiger partial charge in [0, 0.05) is 12.6 Å². The Morgan fingerprint density at radius 3 is 2.67 bits per heavy atom. The zero-order chi connectivity index (χ0) is 20.9. The molecule has 0 fully saturated rings. The highest BCUT2D eigenvalue weighted by Gasteiger charge is 2.30. The molecule has 152 valence electrons. The molecule has 6 nitrogen and oxygen atoms in total. The van der Waals surface area contributed by atoms with Crippen LogP contribution in [0, 0.1) is 5.41 Å². The van der Waals surface area contributed by atoms with Gasteiger partial charge in [-0.2, -0.15) is 4.99 Å². The highest BCUT2D eigenvalue weighted by molar-refractivity contribution is 8.16. The molecule has 2 heterocycles. The van der Waals surface area contributed by atoms with Crippen molar-refractivity contribution in [2.45, 2.75) is 6.42 Å². The molecule has 0 aromatic heterocycles. The van der Waals surface area contributed by atoms with Gasteiger partial charge in [0.15, 0.2) is 5.17 Å². The van der Waals surface area contributed by atoms with Gasteiger partial charge in [0.25, 0.3) is 5.91 Å². The summed E-state index contributed by atoms with van der Waals surface area (Å²) >= 11 is 7.38. The van der Waals surface area contributed by atoms with Crippen molar-refractivity contribution in [3.05, 3.63) is 76.3 Å². The molecule has 0 spiro atoms. The summed E-state index contributed by atoms with van der Waals surface area (Å²) in [4.78, 5) is 17.9. The number of hydrogen-bond donors (Lipinski definition) is 1. The minimum absolute atomic E-state index is 0.130. The Morgan fingerprint density at radius 1 is 1.10 bits per heavy atom. The number of aliphatic imine (C=N–C) groups is 1. The first kappa shape index (κ1) is 20.3. The van der Waals surface area contributed by atoms with Crippen LogP contribution in [-0.2, 0) is 4.79 Å². The Balaban J connectivity index is 1.30. The largest absolute Gasteiger partial charge is 0.493 e. The van der Waals surface area contributed by atoms with E-state index in [0.717, 1.165) is 11.3 Å². The fraction of sp³-hybridized carbons (Fsp3) is 0.136. The highest BCUT2D eigenvalue weighted by Crippen LogP contribution is 2.27. The molecule has 0 radical (unpaired) electrons. The molecule has 0 aliphatic carbocycles. The van der Waals surface area contributed by atoms with E-state index < -0.39 is 5.91 Å². The van der Waals surface area contributed by atoms with Crippen molar-refractivity contribution in [1.29, 1.82) is 5.41 Å². The summed E-state index contributed by atoms with van der Waals surface area (Å²) in [5.74, 6) is 1.12. The van der Waals surface area contributed by atoms with Gasteiger partial charge in [0.2, 0.25) is 0 Å². The van der Waals surface area contributed by atoms with E-state index >= 15 is 0 Å². The second-order valence-electron chi connectivity index (χ2n) is 6.43. The number of nitrogens with one attached hydrogen (secondary N) is 1. The second kappa shape index (κ2) is 9.19. The molecular weight excluding hydrogens is 422 g/mol. The van der Waals surface area contributed by atoms with Crippen LogP contribution in [0.5, 0.6) is 11.5 Å². The van der Waals surface area contributed by atoms with Crippen molar-refractivity contribution in [3.8, 4) is 11.5 Å². The highest BCUT2D eigenvalue weighted by atomic mass is 35.5. The molecule has 1 amide bonds. The molecule has 4 rings (SSSR count). The Hall–Kier alpha value is -3.03. The SMILES string of the molecule is N=C1C(=Cc2ccc(OCCCOc3ccccc3Cl)cc2)C(=O)N=C2SC=CN12. The molecule has 0 saturated heterocycles. The standard InChI is InChI=1S/C22H18ClN3O3S/c23-18-4-1-2-5-19(18)29-12-3-11-28-16-8-6-15(7-9-16)14-17-20(24)26-10-13-30-22(26)25-21(17)27/h1-2,4-10,13-14,24H,3,11-12H2. The van der Waals surface area contributed by atoms with Crippen molar-refractivity contribution in [2.24, 2.45) is 4.99 Å². The normalized spacial score (nSPS) is 16.6. The van der Waals surface area contributed by atoms with Crippen LogP contribution in [0.15, 0.2) is 70.7 Å². The molecule has 2 aromatic carbocycles. The summed E-state index contributed by atoms with van der Waals surface area (Å²) < 4.78 is 11.4. The Labute approximate surface area is 183 Å². The predicted octanol–water partition coefficient (Wildman–Crippen LogP) is 4.96. The number of ether oxygens (including phenoxy) is 2. The lowest BCUT2D eigenvalue weighted by atomic mass is 10.1. The van der Waals surface area contributed by atoms with Crippen LogP contribution in [0.1, 0.15) is 12.0 Å². The number of nitrogens with zero attached hydrogens (tertiary/aromatic N) is 2. The van der Waals surface area contributed by atoms with Gasteiger partial charge in [-0.05, 0) is 41.3 Å². The fourth-order valence-corrected chi connectivity index (χ4v) is 3.75. The van der Waals surface area contributed by atoms with Gasteiger partial charge in [0.1, 0.15) is 17.3 Å². The molecule has 1 N–H and O–H groups in total. The van der Waals surface area contributed by atoms with E-state index in [-0.39, 0.29) is 11.4 Å². The first-order valence-electron chi connectivity index (χ1n) is 9.28. The van der Waals surface area contributed by atoms with Crippen molar-refractivity contribution >= 4 is 46.3 Å². The number of fused-ring (bicyclic) bond motifs is 1. The summed E-state index contributed by atoms with van der Waals surface area (Å²) in [6, 6.07) is 14.7. The summed E-state index contributed by atoms with van der Waals surface area (Å²) in [5.41, 5.74) is 1.06. The summed E-state index contributed by atoms with van der Waals surface area (Å²) in [7, 11) is 0. The molecule has 30 heavy (non-hydrogen) atoms. The molecule has 0 saturated carbocycles. The topological polar surface area (TPSA) is 75.0 Å². The van der Waals surface area contributed by atoms with Crippen LogP contribution in [0.2, 0.25) is 5.02 Å². The second-order valence-corrected chi connectivity index (χ2v) is 7.71. The van der Waals surface area contributed by atoms with Crippen molar-refractivity contribution in [2.75, 3.05) is 13.2 Å². The number of thioether (sulfide) groups is 1. The molecule has 0 bridgehead atoms. The summed E-state index contributed by atoms with van der Waals surface area (Å²) in [6.07, 6.45) is 4.12. The van der Waals surface area contributed by atoms with Gasteiger partial charge in [-0.15, -0.1) is 0 Å². The fourth-order valence-electron chi connectivity index (χ4n) is 2.85. The molecule has 2 aromatic rings. The van der Waals surface area contributed by atoms with Gasteiger partial charge in [-0.25, -0.2) is 0 Å². The predicted molar refractivity (Wildman–Crippen MR) is 120 cm³/mol. The van der Waals surface area contributed by atoms with Crippen molar-refractivity contribution < 1.29 is 14.3 Å². The van der Waals surface area contributed by atoms with E-state index in [1.807, 2.05) is 42.5 Å². The van der Waals surface area contributed by atoms with Gasteiger partial charge < -0.3 is 9.47 Å². The number of para-hydroxylation sites is 1. The van der Waals surface area contributed by atoms with Crippen molar-refractivity contribution in [3.63, 3.8) is 0 Å². The number of amides is 1. The minimum Gasteiger partial charge on any atom is -0.493 e. The zero-order valence-corrected chi connectivity index (χ0v) is 17.4. The maximum Gasteiger partial charge on any atom is 0.283 e. The summed E-state index contributed by atoms with van der Waals surface area (Å²) in [6.45, 7) is 1.01. The summed E-state index contributed by atoms with van der Waals surface area (Å²) in [5, 5.41) is 11.2. The van der Waals surface area contributed by atoms with E-state index in [1.54, 1.807) is 28.7 Å². The number of benzene rings is 2. The van der Waals surface area contributed by atoms with Crippen molar-refractivity contribution in [1.82, 2.24) is 4.90 Å². The van der Waals surface area contributed by atoms with Gasteiger partial charge in [-0.1, -0.05) is 47.6 Å². The van der Waals surface area contributed by atoms with Crippen LogP contribution in [0.3, 0.4) is 0 Å². The third-order valence-corrected chi connectivity index (χ3v) is 5.42. The van der Waals surface area contributed by atoms with Gasteiger partial charge in [-0.3, -0.25) is 15.1 Å². The lowest BCUT2D eigenvalue weighted by molar-refractivity contribution is -0.114. The third-order valence-electron chi connectivity index (χ3n) is 4.36. The molecule has 2 aliphatic heterocycles. The maximum atomic E-state index is 12.2. The van der Waals surface area contributed by atoms with Crippen LogP contribution in [-0.4, -0.2) is 35.0 Å². The van der Waals surface area contributed by atoms with E-state index in [9.17, 15) is 4.79 Å². The number of carbonyl (C=O) groups is 1. The monoisotopic (exact) mass is 439 g/mol. The number of amidine groups is 2. The molecule has 2 aliphatic rings. The van der Waals surface area contributed by atoms with Gasteiger partial charge >= 0.3 is 0 Å². The van der Waals surface area contributed by atoms with E-state index in [1.165, 1.54) is 11.8 Å². The molecule has 8 heteroatoms. The van der Waals surface area contributed by atoms with Gasteiger partial charge in [0.05, 0.1) is 23.8 Å². The first-order valence-corrected chi connectivity index (χ1v) is 10.5. The Morgan fingerprint density at radius 2 is 1.87 bits per heavy atom. The lowest BCUT2D eigenvalue weighted by Gasteiger charge is -2.22. The van der Waals surface area contributed by atoms with E-state index in [0.29, 0.717) is 35.6 Å². The van der Waals surface area contributed by atoms with Crippen LogP contribution in [0.4, 0.5) is 0 Å². The van der Waals surface area contributed by atoms with E-state index in [2.05, 4.69) is 4.99 Å². The average Bonchev–Trinajstić information content (AvgIpc) is 3.22. The lowest BCUT2D eigenvalue weighted by Crippen LogP contribution is -2.35. The maximum absolute atomic E-state index is 12.2. The Bertz CT molecular complexity index is 1060. The smallest absolute Gasteiger partial charge is 0.283 e.